The predicted octanol–water partition coefficient (Wildman–Crippen LogP) is 0.653. The second-order valence-corrected chi connectivity index (χ2v) is 3.86. The largest absolute Gasteiger partial charge is 0.497 e. The van der Waals surface area contributed by atoms with Gasteiger partial charge in [-0.15, -0.1) is 10.2 Å². The Balaban J connectivity index is 2.23. The molecule has 0 unspecified atom stereocenters. The molecule has 0 saturated heterocycles. The third-order valence-corrected chi connectivity index (χ3v) is 2.58. The van der Waals surface area contributed by atoms with Gasteiger partial charge in [0.05, 0.1) is 33.3 Å². The van der Waals surface area contributed by atoms with Crippen LogP contribution in [0.4, 0.5) is 0 Å². The van der Waals surface area contributed by atoms with Gasteiger partial charge in [-0.2, -0.15) is 4.80 Å². The summed E-state index contributed by atoms with van der Waals surface area (Å²) in [6, 6.07) is 5.04. The molecule has 0 atom stereocenters. The normalized spacial score (nSPS) is 10.3. The number of ether oxygens (including phenoxy) is 2. The van der Waals surface area contributed by atoms with E-state index in [0.717, 1.165) is 0 Å². The number of ketones is 1. The summed E-state index contributed by atoms with van der Waals surface area (Å²) in [5.74, 6) is 1.34. The van der Waals surface area contributed by atoms with Crippen molar-refractivity contribution < 1.29 is 14.3 Å². The van der Waals surface area contributed by atoms with E-state index in [-0.39, 0.29) is 12.2 Å². The molecule has 100 valence electrons. The van der Waals surface area contributed by atoms with Gasteiger partial charge in [0, 0.05) is 6.07 Å². The summed E-state index contributed by atoms with van der Waals surface area (Å²) in [7, 11) is 4.71. The molecule has 0 fully saturated rings. The van der Waals surface area contributed by atoms with Crippen molar-refractivity contribution in [2.45, 2.75) is 6.42 Å². The lowest BCUT2D eigenvalue weighted by atomic mass is 10.1. The molecule has 0 spiro atoms. The highest BCUT2D eigenvalue weighted by Crippen LogP contribution is 2.25. The smallest absolute Gasteiger partial charge is 0.182 e. The maximum absolute atomic E-state index is 12.2. The number of tetrazole rings is 1. The SMILES string of the molecule is COc1ccc(C(=O)Cc2nnn(C)n2)c(OC)c1. The molecule has 7 nitrogen and oxygen atoms in total. The molecule has 1 aromatic carbocycles. The molecule has 19 heavy (non-hydrogen) atoms. The Morgan fingerprint density at radius 3 is 2.68 bits per heavy atom. The standard InChI is InChI=1S/C12H14N4O3/c1-16-14-12(13-15-16)7-10(17)9-5-4-8(18-2)6-11(9)19-3/h4-6H,7H2,1-3H3. The second kappa shape index (κ2) is 5.47. The van der Waals surface area contributed by atoms with E-state index in [1.54, 1.807) is 32.4 Å². The van der Waals surface area contributed by atoms with E-state index in [4.69, 9.17) is 9.47 Å². The number of rotatable bonds is 5. The lowest BCUT2D eigenvalue weighted by molar-refractivity contribution is 0.0987. The fraction of sp³-hybridized carbons (Fsp3) is 0.333. The lowest BCUT2D eigenvalue weighted by Gasteiger charge is -2.08. The number of aromatic nitrogens is 4. The van der Waals surface area contributed by atoms with Crippen LogP contribution >= 0.6 is 0 Å². The summed E-state index contributed by atoms with van der Waals surface area (Å²) in [6.45, 7) is 0. The molecule has 2 aromatic rings. The van der Waals surface area contributed by atoms with Crippen LogP contribution in [0.2, 0.25) is 0 Å². The topological polar surface area (TPSA) is 79.1 Å². The predicted molar refractivity (Wildman–Crippen MR) is 66.4 cm³/mol. The molecular weight excluding hydrogens is 248 g/mol. The van der Waals surface area contributed by atoms with Crippen molar-refractivity contribution in [2.75, 3.05) is 14.2 Å². The second-order valence-electron chi connectivity index (χ2n) is 3.86. The van der Waals surface area contributed by atoms with Crippen molar-refractivity contribution in [1.29, 1.82) is 0 Å². The van der Waals surface area contributed by atoms with Crippen LogP contribution in [0.5, 0.6) is 11.5 Å². The van der Waals surface area contributed by atoms with Gasteiger partial charge < -0.3 is 9.47 Å². The van der Waals surface area contributed by atoms with Gasteiger partial charge in [0.15, 0.2) is 11.6 Å². The summed E-state index contributed by atoms with van der Waals surface area (Å²) in [5.41, 5.74) is 0.468. The Kier molecular flexibility index (Phi) is 3.74. The van der Waals surface area contributed by atoms with Crippen molar-refractivity contribution in [3.63, 3.8) is 0 Å². The van der Waals surface area contributed by atoms with Gasteiger partial charge in [-0.25, -0.2) is 0 Å². The minimum Gasteiger partial charge on any atom is -0.497 e. The van der Waals surface area contributed by atoms with Gasteiger partial charge in [0.2, 0.25) is 0 Å². The summed E-state index contributed by atoms with van der Waals surface area (Å²) >= 11 is 0. The number of methoxy groups -OCH3 is 2. The molecule has 2 rings (SSSR count). The molecule has 0 aliphatic carbocycles. The first-order valence-electron chi connectivity index (χ1n) is 5.62. The quantitative estimate of drug-likeness (QED) is 0.736. The summed E-state index contributed by atoms with van der Waals surface area (Å²) in [4.78, 5) is 13.5. The Morgan fingerprint density at radius 1 is 1.32 bits per heavy atom. The van der Waals surface area contributed by atoms with Crippen molar-refractivity contribution in [3.05, 3.63) is 29.6 Å². The number of hydrogen-bond donors (Lipinski definition) is 0. The van der Waals surface area contributed by atoms with E-state index in [2.05, 4.69) is 15.4 Å². The number of nitrogens with zero attached hydrogens (tertiary/aromatic N) is 4. The van der Waals surface area contributed by atoms with Crippen molar-refractivity contribution in [2.24, 2.45) is 7.05 Å². The third kappa shape index (κ3) is 2.87. The maximum Gasteiger partial charge on any atom is 0.182 e. The summed E-state index contributed by atoms with van der Waals surface area (Å²) in [5, 5.41) is 11.4. The fourth-order valence-corrected chi connectivity index (χ4v) is 1.66. The van der Waals surface area contributed by atoms with E-state index < -0.39 is 0 Å². The molecule has 1 aromatic heterocycles. The molecular formula is C12H14N4O3. The molecule has 0 N–H and O–H groups in total. The van der Waals surface area contributed by atoms with Gasteiger partial charge in [-0.1, -0.05) is 0 Å². The van der Waals surface area contributed by atoms with Crippen molar-refractivity contribution >= 4 is 5.78 Å². The molecule has 0 bridgehead atoms. The minimum atomic E-state index is -0.132. The van der Waals surface area contributed by atoms with Crippen LogP contribution < -0.4 is 9.47 Å². The first-order valence-corrected chi connectivity index (χ1v) is 5.62. The average molecular weight is 262 g/mol. The van der Waals surface area contributed by atoms with Crippen LogP contribution in [0, 0.1) is 0 Å². The average Bonchev–Trinajstić information content (AvgIpc) is 2.83. The van der Waals surface area contributed by atoms with E-state index >= 15 is 0 Å². The van der Waals surface area contributed by atoms with Gasteiger partial charge in [-0.3, -0.25) is 4.79 Å². The fourth-order valence-electron chi connectivity index (χ4n) is 1.66. The van der Waals surface area contributed by atoms with Gasteiger partial charge in [0.25, 0.3) is 0 Å². The molecule has 0 aliphatic rings. The molecule has 0 radical (unpaired) electrons. The Bertz CT molecular complexity index is 594. The highest BCUT2D eigenvalue weighted by molar-refractivity contribution is 5.99. The van der Waals surface area contributed by atoms with Gasteiger partial charge in [0.1, 0.15) is 11.5 Å². The molecule has 0 aliphatic heterocycles. The number of carbonyl (C=O) groups is 1. The Morgan fingerprint density at radius 2 is 2.11 bits per heavy atom. The van der Waals surface area contributed by atoms with Crippen LogP contribution in [-0.4, -0.2) is 40.2 Å². The summed E-state index contributed by atoms with van der Waals surface area (Å²) < 4.78 is 10.3. The first kappa shape index (κ1) is 13.0. The monoisotopic (exact) mass is 262 g/mol. The molecule has 0 amide bonds. The third-order valence-electron chi connectivity index (χ3n) is 2.58. The number of Topliss-reactive ketones (excluding diaryl/α,β-unsaturated/α-hetero) is 1. The zero-order chi connectivity index (χ0) is 13.8. The number of aryl methyl sites for hydroxylation is 1. The minimum absolute atomic E-state index is 0.0799. The zero-order valence-electron chi connectivity index (χ0n) is 11.0. The van der Waals surface area contributed by atoms with Crippen LogP contribution in [0.1, 0.15) is 16.2 Å². The van der Waals surface area contributed by atoms with Crippen LogP contribution in [0.25, 0.3) is 0 Å². The number of hydrogen-bond acceptors (Lipinski definition) is 6. The van der Waals surface area contributed by atoms with E-state index in [1.807, 2.05) is 0 Å². The highest BCUT2D eigenvalue weighted by Gasteiger charge is 2.16. The van der Waals surface area contributed by atoms with Crippen LogP contribution in [0.15, 0.2) is 18.2 Å². The number of benzene rings is 1. The van der Waals surface area contributed by atoms with Crippen molar-refractivity contribution in [3.8, 4) is 11.5 Å². The molecule has 7 heteroatoms. The van der Waals surface area contributed by atoms with E-state index in [0.29, 0.717) is 22.9 Å². The summed E-state index contributed by atoms with van der Waals surface area (Å²) in [6.07, 6.45) is 0.0799. The maximum atomic E-state index is 12.2. The van der Waals surface area contributed by atoms with Gasteiger partial charge >= 0.3 is 0 Å². The van der Waals surface area contributed by atoms with Crippen LogP contribution in [0.3, 0.4) is 0 Å². The molecule has 0 saturated carbocycles. The lowest BCUT2D eigenvalue weighted by Crippen LogP contribution is -2.07. The highest BCUT2D eigenvalue weighted by atomic mass is 16.5. The van der Waals surface area contributed by atoms with Crippen LogP contribution in [-0.2, 0) is 13.5 Å². The number of carbonyl (C=O) groups excluding carboxylic acids is 1. The van der Waals surface area contributed by atoms with Crippen molar-refractivity contribution in [1.82, 2.24) is 20.2 Å². The Labute approximate surface area is 110 Å². The first-order chi connectivity index (χ1) is 9.13. The van der Waals surface area contributed by atoms with Gasteiger partial charge in [-0.05, 0) is 17.3 Å². The molecule has 1 heterocycles. The zero-order valence-corrected chi connectivity index (χ0v) is 11.0. The van der Waals surface area contributed by atoms with E-state index in [1.165, 1.54) is 11.9 Å². The Hall–Kier alpha value is -2.44. The van der Waals surface area contributed by atoms with E-state index in [9.17, 15) is 4.79 Å².